The van der Waals surface area contributed by atoms with Crippen molar-refractivity contribution in [1.29, 1.82) is 5.26 Å². The van der Waals surface area contributed by atoms with Crippen LogP contribution in [0.5, 0.6) is 0 Å². The molecule has 0 saturated heterocycles. The number of thiophene rings is 1. The summed E-state index contributed by atoms with van der Waals surface area (Å²) in [6, 6.07) is 53.5. The summed E-state index contributed by atoms with van der Waals surface area (Å²) in [5.74, 6) is 0. The zero-order valence-electron chi connectivity index (χ0n) is 25.1. The fraction of sp³-hybridized carbons (Fsp3) is 0. The number of nitrogens with zero attached hydrogens (tertiary/aromatic N) is 2. The van der Waals surface area contributed by atoms with Gasteiger partial charge < -0.3 is 8.98 Å². The largest absolute Gasteiger partial charge is 0.455 e. The lowest BCUT2D eigenvalue weighted by Gasteiger charge is -2.11. The third-order valence-electron chi connectivity index (χ3n) is 9.45. The molecule has 47 heavy (non-hydrogen) atoms. The Bertz CT molecular complexity index is 2920. The predicted molar refractivity (Wildman–Crippen MR) is 197 cm³/mol. The number of aromatic nitrogens is 1. The van der Waals surface area contributed by atoms with Crippen molar-refractivity contribution in [2.45, 2.75) is 0 Å². The zero-order valence-corrected chi connectivity index (χ0v) is 25.9. The molecule has 4 heteroatoms. The SMILES string of the molecule is N#Cc1ccc2c(c1)c1ccccc1n2-c1cccc2c1sc1c(-c3ccccc3)ccc(-c3cccc4c3oc3ccccc34)c12. The molecule has 0 aliphatic rings. The molecule has 0 N–H and O–H groups in total. The van der Waals surface area contributed by atoms with Crippen LogP contribution in [0, 0.1) is 11.3 Å². The molecule has 10 aromatic rings. The van der Waals surface area contributed by atoms with E-state index in [0.29, 0.717) is 5.56 Å². The van der Waals surface area contributed by atoms with E-state index in [1.165, 1.54) is 31.3 Å². The molecule has 10 rings (SSSR count). The van der Waals surface area contributed by atoms with Crippen LogP contribution in [0.25, 0.3) is 91.9 Å². The molecule has 0 amide bonds. The first-order chi connectivity index (χ1) is 23.3. The maximum Gasteiger partial charge on any atom is 0.143 e. The molecule has 0 saturated carbocycles. The van der Waals surface area contributed by atoms with Gasteiger partial charge in [-0.15, -0.1) is 11.3 Å². The number of hydrogen-bond acceptors (Lipinski definition) is 3. The number of fused-ring (bicyclic) bond motifs is 9. The van der Waals surface area contributed by atoms with Gasteiger partial charge in [0.25, 0.3) is 0 Å². The minimum atomic E-state index is 0.664. The summed E-state index contributed by atoms with van der Waals surface area (Å²) in [5, 5.41) is 16.6. The first kappa shape index (κ1) is 26.1. The van der Waals surface area contributed by atoms with Crippen molar-refractivity contribution in [1.82, 2.24) is 4.57 Å². The Balaban J connectivity index is 1.34. The third-order valence-corrected chi connectivity index (χ3v) is 10.7. The second kappa shape index (κ2) is 9.92. The highest BCUT2D eigenvalue weighted by molar-refractivity contribution is 7.27. The molecule has 3 nitrogen and oxygen atoms in total. The number of para-hydroxylation sites is 3. The van der Waals surface area contributed by atoms with Crippen LogP contribution in [0.15, 0.2) is 150 Å². The number of furan rings is 1. The van der Waals surface area contributed by atoms with Crippen molar-refractivity contribution in [2.24, 2.45) is 0 Å². The Morgan fingerprint density at radius 1 is 0.532 bits per heavy atom. The van der Waals surface area contributed by atoms with E-state index in [1.807, 2.05) is 35.6 Å². The second-order valence-corrected chi connectivity index (χ2v) is 13.0. The summed E-state index contributed by atoms with van der Waals surface area (Å²) in [4.78, 5) is 0. The third kappa shape index (κ3) is 3.72. The molecule has 0 fully saturated rings. The maximum absolute atomic E-state index is 9.70. The second-order valence-electron chi connectivity index (χ2n) is 12.0. The van der Waals surface area contributed by atoms with E-state index >= 15 is 0 Å². The summed E-state index contributed by atoms with van der Waals surface area (Å²) < 4.78 is 11.4. The van der Waals surface area contributed by atoms with Crippen LogP contribution < -0.4 is 0 Å². The highest BCUT2D eigenvalue weighted by Gasteiger charge is 2.22. The monoisotopic (exact) mass is 616 g/mol. The van der Waals surface area contributed by atoms with Crippen molar-refractivity contribution in [3.8, 4) is 34.0 Å². The Labute approximate surface area is 273 Å². The van der Waals surface area contributed by atoms with Crippen molar-refractivity contribution in [3.63, 3.8) is 0 Å². The lowest BCUT2D eigenvalue weighted by atomic mass is 9.94. The minimum absolute atomic E-state index is 0.664. The fourth-order valence-electron chi connectivity index (χ4n) is 7.39. The van der Waals surface area contributed by atoms with E-state index in [9.17, 15) is 5.26 Å². The molecule has 218 valence electrons. The van der Waals surface area contributed by atoms with Gasteiger partial charge in [0, 0.05) is 42.6 Å². The lowest BCUT2D eigenvalue weighted by Crippen LogP contribution is -1.93. The van der Waals surface area contributed by atoms with Crippen LogP contribution in [-0.2, 0) is 0 Å². The Hall–Kier alpha value is -6.15. The van der Waals surface area contributed by atoms with Crippen LogP contribution in [0.3, 0.4) is 0 Å². The van der Waals surface area contributed by atoms with Gasteiger partial charge in [0.1, 0.15) is 11.2 Å². The smallest absolute Gasteiger partial charge is 0.143 e. The standard InChI is InChI=1S/C43H24N2OS/c44-25-26-20-23-37-35(24-26)29-12-4-6-17-36(29)45(37)38-18-9-16-34-40-31(22-21-28(43(40)47-42(34)38)27-10-2-1-3-11-27)33-15-8-14-32-30-13-5-7-19-39(30)46-41(32)33/h1-24H. The lowest BCUT2D eigenvalue weighted by molar-refractivity contribution is 0.670. The average Bonchev–Trinajstić information content (AvgIpc) is 3.81. The number of nitriles is 1. The van der Waals surface area contributed by atoms with Crippen LogP contribution in [-0.4, -0.2) is 4.57 Å². The molecule has 3 aromatic heterocycles. The van der Waals surface area contributed by atoms with E-state index in [2.05, 4.69) is 132 Å². The van der Waals surface area contributed by atoms with Gasteiger partial charge in [0.15, 0.2) is 0 Å². The highest BCUT2D eigenvalue weighted by Crippen LogP contribution is 2.49. The van der Waals surface area contributed by atoms with Gasteiger partial charge in [0.05, 0.1) is 33.1 Å². The van der Waals surface area contributed by atoms with Gasteiger partial charge in [-0.1, -0.05) is 109 Å². The van der Waals surface area contributed by atoms with E-state index in [-0.39, 0.29) is 0 Å². The molecule has 0 aliphatic carbocycles. The Kier molecular flexibility index (Phi) is 5.51. The predicted octanol–water partition coefficient (Wildman–Crippen LogP) is 12.3. The molecular formula is C43H24N2OS. The van der Waals surface area contributed by atoms with Gasteiger partial charge in [-0.3, -0.25) is 0 Å². The zero-order chi connectivity index (χ0) is 31.1. The summed E-state index contributed by atoms with van der Waals surface area (Å²) >= 11 is 1.85. The van der Waals surface area contributed by atoms with Gasteiger partial charge in [-0.2, -0.15) is 5.26 Å². The molecule has 7 aromatic carbocycles. The van der Waals surface area contributed by atoms with Crippen molar-refractivity contribution < 1.29 is 4.42 Å². The van der Waals surface area contributed by atoms with Gasteiger partial charge in [-0.25, -0.2) is 0 Å². The first-order valence-electron chi connectivity index (χ1n) is 15.7. The Morgan fingerprint density at radius 3 is 2.15 bits per heavy atom. The Morgan fingerprint density at radius 2 is 1.26 bits per heavy atom. The maximum atomic E-state index is 9.70. The van der Waals surface area contributed by atoms with Crippen LogP contribution in [0.4, 0.5) is 0 Å². The molecular weight excluding hydrogens is 593 g/mol. The summed E-state index contributed by atoms with van der Waals surface area (Å²) in [6.07, 6.45) is 0. The molecule has 0 radical (unpaired) electrons. The van der Waals surface area contributed by atoms with Crippen molar-refractivity contribution >= 4 is 75.3 Å². The molecule has 0 atom stereocenters. The molecule has 0 bridgehead atoms. The normalized spacial score (nSPS) is 11.8. The molecule has 0 unspecified atom stereocenters. The van der Waals surface area contributed by atoms with E-state index in [1.54, 1.807) is 0 Å². The fourth-order valence-corrected chi connectivity index (χ4v) is 8.76. The van der Waals surface area contributed by atoms with Crippen LogP contribution >= 0.6 is 11.3 Å². The van der Waals surface area contributed by atoms with E-state index in [0.717, 1.165) is 60.6 Å². The number of rotatable bonds is 3. The van der Waals surface area contributed by atoms with Gasteiger partial charge in [0.2, 0.25) is 0 Å². The quantitative estimate of drug-likeness (QED) is 0.198. The van der Waals surface area contributed by atoms with Gasteiger partial charge >= 0.3 is 0 Å². The summed E-state index contributed by atoms with van der Waals surface area (Å²) in [5.41, 5.74) is 10.5. The molecule has 3 heterocycles. The number of benzene rings is 7. The van der Waals surface area contributed by atoms with Crippen molar-refractivity contribution in [3.05, 3.63) is 151 Å². The molecule has 0 aliphatic heterocycles. The molecule has 0 spiro atoms. The average molecular weight is 617 g/mol. The van der Waals surface area contributed by atoms with Crippen molar-refractivity contribution in [2.75, 3.05) is 0 Å². The minimum Gasteiger partial charge on any atom is -0.455 e. The highest BCUT2D eigenvalue weighted by atomic mass is 32.1. The topological polar surface area (TPSA) is 41.9 Å². The van der Waals surface area contributed by atoms with Crippen LogP contribution in [0.1, 0.15) is 5.56 Å². The summed E-state index contributed by atoms with van der Waals surface area (Å²) in [6.45, 7) is 0. The van der Waals surface area contributed by atoms with Gasteiger partial charge in [-0.05, 0) is 53.1 Å². The van der Waals surface area contributed by atoms with E-state index < -0.39 is 0 Å². The van der Waals surface area contributed by atoms with Crippen LogP contribution in [0.2, 0.25) is 0 Å². The summed E-state index contributed by atoms with van der Waals surface area (Å²) in [7, 11) is 0. The number of hydrogen-bond donors (Lipinski definition) is 0. The first-order valence-corrected chi connectivity index (χ1v) is 16.5. The van der Waals surface area contributed by atoms with E-state index in [4.69, 9.17) is 4.42 Å².